The Morgan fingerprint density at radius 1 is 1.25 bits per heavy atom. The molecule has 0 spiro atoms. The molecule has 1 aliphatic rings. The molecule has 1 aromatic carbocycles. The maximum Gasteiger partial charge on any atom is 0.244 e. The molecule has 0 aromatic heterocycles. The van der Waals surface area contributed by atoms with Crippen LogP contribution in [-0.4, -0.2) is 36.3 Å². The SMILES string of the molecule is Cc1cc(Br)c(S(=O)(=O)N2CCSC(C)C2C)cc1Br. The van der Waals surface area contributed by atoms with Gasteiger partial charge in [0.2, 0.25) is 10.0 Å². The summed E-state index contributed by atoms with van der Waals surface area (Å²) in [7, 11) is -3.47. The van der Waals surface area contributed by atoms with E-state index in [9.17, 15) is 8.42 Å². The molecule has 0 radical (unpaired) electrons. The highest BCUT2D eigenvalue weighted by atomic mass is 79.9. The molecule has 0 N–H and O–H groups in total. The van der Waals surface area contributed by atoms with E-state index in [0.29, 0.717) is 21.2 Å². The van der Waals surface area contributed by atoms with Crippen molar-refractivity contribution in [2.45, 2.75) is 37.0 Å². The molecule has 112 valence electrons. The molecule has 2 unspecified atom stereocenters. The molecule has 0 aliphatic carbocycles. The van der Waals surface area contributed by atoms with E-state index in [1.165, 1.54) is 0 Å². The predicted octanol–water partition coefficient (Wildman–Crippen LogP) is 4.03. The molecule has 20 heavy (non-hydrogen) atoms. The average molecular weight is 443 g/mol. The van der Waals surface area contributed by atoms with Crippen molar-refractivity contribution < 1.29 is 8.42 Å². The van der Waals surface area contributed by atoms with Crippen LogP contribution in [0.15, 0.2) is 26.0 Å². The summed E-state index contributed by atoms with van der Waals surface area (Å²) in [5.74, 6) is 0.843. The first-order chi connectivity index (χ1) is 9.25. The Balaban J connectivity index is 2.47. The second-order valence-electron chi connectivity index (χ2n) is 4.96. The fourth-order valence-corrected chi connectivity index (χ4v) is 6.83. The summed E-state index contributed by atoms with van der Waals surface area (Å²) in [5, 5.41) is 0.311. The summed E-state index contributed by atoms with van der Waals surface area (Å²) in [6.07, 6.45) is 0. The highest BCUT2D eigenvalue weighted by Crippen LogP contribution is 2.34. The molecule has 1 saturated heterocycles. The number of rotatable bonds is 2. The molecule has 0 saturated carbocycles. The van der Waals surface area contributed by atoms with Crippen LogP contribution in [-0.2, 0) is 10.0 Å². The lowest BCUT2D eigenvalue weighted by Gasteiger charge is -2.36. The van der Waals surface area contributed by atoms with E-state index >= 15 is 0 Å². The molecule has 1 aromatic rings. The Bertz CT molecular complexity index is 619. The molecule has 1 aliphatic heterocycles. The number of sulfonamides is 1. The first-order valence-electron chi connectivity index (χ1n) is 6.34. The van der Waals surface area contributed by atoms with Crippen molar-refractivity contribution in [1.29, 1.82) is 0 Å². The number of hydrogen-bond donors (Lipinski definition) is 0. The summed E-state index contributed by atoms with van der Waals surface area (Å²) in [6.45, 7) is 6.56. The third-order valence-electron chi connectivity index (χ3n) is 3.63. The van der Waals surface area contributed by atoms with Gasteiger partial charge in [-0.25, -0.2) is 8.42 Å². The van der Waals surface area contributed by atoms with Crippen LogP contribution in [0.4, 0.5) is 0 Å². The van der Waals surface area contributed by atoms with Gasteiger partial charge in [0.1, 0.15) is 0 Å². The molecule has 3 nitrogen and oxygen atoms in total. The van der Waals surface area contributed by atoms with Gasteiger partial charge in [-0.15, -0.1) is 0 Å². The van der Waals surface area contributed by atoms with Crippen LogP contribution in [0, 0.1) is 6.92 Å². The van der Waals surface area contributed by atoms with Crippen molar-refractivity contribution >= 4 is 53.6 Å². The Labute approximate surface area is 141 Å². The molecule has 1 fully saturated rings. The maximum absolute atomic E-state index is 12.9. The van der Waals surface area contributed by atoms with Crippen LogP contribution in [0.1, 0.15) is 19.4 Å². The van der Waals surface area contributed by atoms with E-state index < -0.39 is 10.0 Å². The van der Waals surface area contributed by atoms with Gasteiger partial charge in [-0.05, 0) is 47.5 Å². The first-order valence-corrected chi connectivity index (χ1v) is 10.4. The topological polar surface area (TPSA) is 37.4 Å². The number of halogens is 2. The lowest BCUT2D eigenvalue weighted by Crippen LogP contribution is -2.47. The molecule has 1 heterocycles. The number of hydrogen-bond acceptors (Lipinski definition) is 3. The van der Waals surface area contributed by atoms with Crippen molar-refractivity contribution in [3.63, 3.8) is 0 Å². The van der Waals surface area contributed by atoms with E-state index in [1.54, 1.807) is 10.4 Å². The van der Waals surface area contributed by atoms with Crippen molar-refractivity contribution in [3.05, 3.63) is 26.6 Å². The quantitative estimate of drug-likeness (QED) is 0.693. The summed E-state index contributed by atoms with van der Waals surface area (Å²) in [4.78, 5) is 0.334. The van der Waals surface area contributed by atoms with Crippen LogP contribution in [0.3, 0.4) is 0 Å². The zero-order valence-electron chi connectivity index (χ0n) is 11.6. The van der Waals surface area contributed by atoms with Crippen LogP contribution in [0.5, 0.6) is 0 Å². The van der Waals surface area contributed by atoms with Crippen LogP contribution < -0.4 is 0 Å². The second-order valence-corrected chi connectivity index (χ2v) is 10.0. The Hall–Kier alpha value is 0.440. The van der Waals surface area contributed by atoms with E-state index in [4.69, 9.17) is 0 Å². The van der Waals surface area contributed by atoms with Gasteiger partial charge in [0.25, 0.3) is 0 Å². The van der Waals surface area contributed by atoms with Crippen LogP contribution in [0.25, 0.3) is 0 Å². The van der Waals surface area contributed by atoms with Gasteiger partial charge >= 0.3 is 0 Å². The highest BCUT2D eigenvalue weighted by Gasteiger charge is 2.36. The number of nitrogens with zero attached hydrogens (tertiary/aromatic N) is 1. The first kappa shape index (κ1) is 16.8. The zero-order chi connectivity index (χ0) is 15.1. The predicted molar refractivity (Wildman–Crippen MR) is 91.9 cm³/mol. The van der Waals surface area contributed by atoms with Gasteiger partial charge in [0.15, 0.2) is 0 Å². The molecule has 2 rings (SSSR count). The third kappa shape index (κ3) is 3.11. The largest absolute Gasteiger partial charge is 0.244 e. The Morgan fingerprint density at radius 2 is 1.90 bits per heavy atom. The van der Waals surface area contributed by atoms with Gasteiger partial charge in [-0.2, -0.15) is 16.1 Å². The zero-order valence-corrected chi connectivity index (χ0v) is 16.4. The smallest absolute Gasteiger partial charge is 0.207 e. The molecule has 0 amide bonds. The summed E-state index contributed by atoms with van der Waals surface area (Å²) < 4.78 is 28.8. The fraction of sp³-hybridized carbons (Fsp3) is 0.538. The van der Waals surface area contributed by atoms with E-state index in [1.807, 2.05) is 31.7 Å². The minimum Gasteiger partial charge on any atom is -0.207 e. The lowest BCUT2D eigenvalue weighted by molar-refractivity contribution is 0.340. The summed E-state index contributed by atoms with van der Waals surface area (Å²) in [6, 6.07) is 3.53. The number of benzene rings is 1. The molecule has 0 bridgehead atoms. The van der Waals surface area contributed by atoms with Crippen molar-refractivity contribution in [2.75, 3.05) is 12.3 Å². The van der Waals surface area contributed by atoms with Crippen LogP contribution >= 0.6 is 43.6 Å². The van der Waals surface area contributed by atoms with Crippen molar-refractivity contribution in [3.8, 4) is 0 Å². The minimum absolute atomic E-state index is 0.00530. The summed E-state index contributed by atoms with van der Waals surface area (Å²) in [5.41, 5.74) is 1.01. The van der Waals surface area contributed by atoms with E-state index in [2.05, 4.69) is 38.8 Å². The summed E-state index contributed by atoms with van der Waals surface area (Å²) >= 11 is 8.63. The Morgan fingerprint density at radius 3 is 2.55 bits per heavy atom. The van der Waals surface area contributed by atoms with Gasteiger partial charge in [-0.3, -0.25) is 0 Å². The van der Waals surface area contributed by atoms with E-state index in [-0.39, 0.29) is 6.04 Å². The molecular formula is C13H17Br2NO2S2. The monoisotopic (exact) mass is 441 g/mol. The van der Waals surface area contributed by atoms with Gasteiger partial charge in [0, 0.05) is 32.5 Å². The fourth-order valence-electron chi connectivity index (χ4n) is 2.20. The van der Waals surface area contributed by atoms with Crippen molar-refractivity contribution in [2.24, 2.45) is 0 Å². The number of thioether (sulfide) groups is 1. The van der Waals surface area contributed by atoms with Crippen molar-refractivity contribution in [1.82, 2.24) is 4.31 Å². The lowest BCUT2D eigenvalue weighted by atomic mass is 10.2. The standard InChI is InChI=1S/C13H17Br2NO2S2/c1-8-6-12(15)13(7-11(8)14)20(17,18)16-4-5-19-10(3)9(16)2/h6-7,9-10H,4-5H2,1-3H3. The maximum atomic E-state index is 12.9. The van der Waals surface area contributed by atoms with Gasteiger partial charge in [-0.1, -0.05) is 22.9 Å². The minimum atomic E-state index is -3.47. The van der Waals surface area contributed by atoms with Gasteiger partial charge < -0.3 is 0 Å². The highest BCUT2D eigenvalue weighted by molar-refractivity contribution is 9.11. The van der Waals surface area contributed by atoms with E-state index in [0.717, 1.165) is 15.8 Å². The van der Waals surface area contributed by atoms with Crippen LogP contribution in [0.2, 0.25) is 0 Å². The van der Waals surface area contributed by atoms with Gasteiger partial charge in [0.05, 0.1) is 4.90 Å². The normalized spacial score (nSPS) is 24.9. The molecular weight excluding hydrogens is 426 g/mol. The molecule has 7 heteroatoms. The average Bonchev–Trinajstić information content (AvgIpc) is 2.36. The number of aryl methyl sites for hydroxylation is 1. The Kier molecular flexibility index (Phi) is 5.28. The molecule has 2 atom stereocenters. The third-order valence-corrected chi connectivity index (χ3v) is 8.76. The second kappa shape index (κ2) is 6.28.